The molecule has 3 fully saturated rings. The van der Waals surface area contributed by atoms with Crippen molar-refractivity contribution in [2.45, 2.75) is 50.5 Å². The summed E-state index contributed by atoms with van der Waals surface area (Å²) < 4.78 is 79.7. The van der Waals surface area contributed by atoms with Crippen molar-refractivity contribution in [3.63, 3.8) is 0 Å². The number of urea groups is 1. The minimum absolute atomic E-state index is 0.00746. The van der Waals surface area contributed by atoms with Gasteiger partial charge in [-0.2, -0.15) is 26.3 Å². The Kier molecular flexibility index (Phi) is 8.47. The number of likely N-dealkylation sites (tertiary alicyclic amines) is 2. The standard InChI is InChI=1S/C30H33F6N5O3/c1-20-7-11-38(12-8-20)25(42)18-40-19-41(24-5-3-2-4-6-24)28(26(40)43)9-13-39(14-10-28)27(44)37-23-16-21(29(31,32)33)15-22(17-23)30(34,35)36/h2-6,15-17,20H,7-14,18-19H2,1H3,(H,37,44). The van der Waals surface area contributed by atoms with Gasteiger partial charge < -0.3 is 24.9 Å². The Morgan fingerprint density at radius 1 is 0.864 bits per heavy atom. The van der Waals surface area contributed by atoms with E-state index in [4.69, 9.17) is 0 Å². The van der Waals surface area contributed by atoms with Crippen LogP contribution in [-0.4, -0.2) is 77.5 Å². The molecule has 4 amide bonds. The van der Waals surface area contributed by atoms with Gasteiger partial charge in [0, 0.05) is 37.6 Å². The number of amides is 4. The summed E-state index contributed by atoms with van der Waals surface area (Å²) in [6, 6.07) is 9.18. The molecule has 14 heteroatoms. The first kappa shape index (κ1) is 31.5. The van der Waals surface area contributed by atoms with Crippen molar-refractivity contribution in [2.24, 2.45) is 5.92 Å². The van der Waals surface area contributed by atoms with E-state index >= 15 is 0 Å². The van der Waals surface area contributed by atoms with Gasteiger partial charge in [-0.15, -0.1) is 0 Å². The molecule has 3 saturated heterocycles. The highest BCUT2D eigenvalue weighted by molar-refractivity contribution is 5.97. The van der Waals surface area contributed by atoms with E-state index in [0.717, 1.165) is 18.5 Å². The number of hydrogen-bond donors (Lipinski definition) is 1. The van der Waals surface area contributed by atoms with Crippen molar-refractivity contribution in [3.05, 3.63) is 59.7 Å². The van der Waals surface area contributed by atoms with E-state index in [-0.39, 0.29) is 57.0 Å². The van der Waals surface area contributed by atoms with Gasteiger partial charge in [0.05, 0.1) is 17.8 Å². The molecule has 0 radical (unpaired) electrons. The smallest absolute Gasteiger partial charge is 0.341 e. The normalized spacial score (nSPS) is 19.6. The molecule has 0 aliphatic carbocycles. The lowest BCUT2D eigenvalue weighted by atomic mass is 9.85. The number of carbonyl (C=O) groups excluding carboxylic acids is 3. The van der Waals surface area contributed by atoms with Crippen molar-refractivity contribution >= 4 is 29.2 Å². The van der Waals surface area contributed by atoms with Crippen LogP contribution in [0.2, 0.25) is 0 Å². The van der Waals surface area contributed by atoms with E-state index in [1.165, 1.54) is 9.80 Å². The highest BCUT2D eigenvalue weighted by atomic mass is 19.4. The van der Waals surface area contributed by atoms with Crippen LogP contribution in [0, 0.1) is 5.92 Å². The average Bonchev–Trinajstić information content (AvgIpc) is 3.23. The van der Waals surface area contributed by atoms with Gasteiger partial charge in [-0.25, -0.2) is 4.79 Å². The minimum Gasteiger partial charge on any atom is -0.341 e. The highest BCUT2D eigenvalue weighted by Gasteiger charge is 2.54. The SMILES string of the molecule is CC1CCN(C(=O)CN2CN(c3ccccc3)C3(CCN(C(=O)Nc4cc(C(F)(F)F)cc(C(F)(F)F)c4)CC3)C2=O)CC1. The van der Waals surface area contributed by atoms with Crippen LogP contribution in [0.3, 0.4) is 0 Å². The van der Waals surface area contributed by atoms with Crippen molar-refractivity contribution in [3.8, 4) is 0 Å². The number of rotatable bonds is 4. The maximum Gasteiger partial charge on any atom is 0.416 e. The quantitative estimate of drug-likeness (QED) is 0.446. The maximum atomic E-state index is 13.9. The van der Waals surface area contributed by atoms with Crippen molar-refractivity contribution in [1.29, 1.82) is 0 Å². The van der Waals surface area contributed by atoms with Gasteiger partial charge in [0.25, 0.3) is 5.91 Å². The summed E-state index contributed by atoms with van der Waals surface area (Å²) >= 11 is 0. The second-order valence-electron chi connectivity index (χ2n) is 11.7. The maximum absolute atomic E-state index is 13.9. The molecule has 1 N–H and O–H groups in total. The summed E-state index contributed by atoms with van der Waals surface area (Å²) in [5.74, 6) is 0.145. The zero-order valence-corrected chi connectivity index (χ0v) is 24.0. The molecule has 44 heavy (non-hydrogen) atoms. The molecule has 0 unspecified atom stereocenters. The van der Waals surface area contributed by atoms with Crippen LogP contribution in [-0.2, 0) is 21.9 Å². The molecular weight excluding hydrogens is 592 g/mol. The summed E-state index contributed by atoms with van der Waals surface area (Å²) in [5, 5.41) is 2.17. The zero-order valence-electron chi connectivity index (χ0n) is 24.0. The van der Waals surface area contributed by atoms with Crippen molar-refractivity contribution in [2.75, 3.05) is 49.6 Å². The van der Waals surface area contributed by atoms with E-state index in [1.54, 1.807) is 4.90 Å². The van der Waals surface area contributed by atoms with Gasteiger partial charge in [0.1, 0.15) is 12.1 Å². The van der Waals surface area contributed by atoms with Gasteiger partial charge in [0.15, 0.2) is 0 Å². The molecule has 3 aliphatic rings. The fraction of sp³-hybridized carbons (Fsp3) is 0.500. The molecule has 0 aromatic heterocycles. The largest absolute Gasteiger partial charge is 0.416 e. The monoisotopic (exact) mass is 625 g/mol. The molecule has 3 aliphatic heterocycles. The summed E-state index contributed by atoms with van der Waals surface area (Å²) in [6.07, 6.45) is -8.01. The lowest BCUT2D eigenvalue weighted by molar-refractivity contribution is -0.143. The Bertz CT molecular complexity index is 1350. The lowest BCUT2D eigenvalue weighted by Gasteiger charge is -2.43. The predicted octanol–water partition coefficient (Wildman–Crippen LogP) is 5.66. The number of nitrogens with one attached hydrogen (secondary N) is 1. The predicted molar refractivity (Wildman–Crippen MR) is 149 cm³/mol. The van der Waals surface area contributed by atoms with Crippen LogP contribution in [0.1, 0.15) is 43.7 Å². The topological polar surface area (TPSA) is 76.2 Å². The Labute approximate surface area is 250 Å². The minimum atomic E-state index is -5.05. The second-order valence-corrected chi connectivity index (χ2v) is 11.7. The van der Waals surface area contributed by atoms with E-state index in [1.807, 2.05) is 35.2 Å². The first-order chi connectivity index (χ1) is 20.7. The number of para-hydroxylation sites is 1. The van der Waals surface area contributed by atoms with E-state index in [0.29, 0.717) is 31.1 Å². The number of alkyl halides is 6. The molecule has 8 nitrogen and oxygen atoms in total. The molecule has 1 spiro atoms. The van der Waals surface area contributed by atoms with Crippen LogP contribution >= 0.6 is 0 Å². The van der Waals surface area contributed by atoms with Crippen molar-refractivity contribution < 1.29 is 40.7 Å². The Morgan fingerprint density at radius 3 is 1.98 bits per heavy atom. The number of anilines is 2. The fourth-order valence-electron chi connectivity index (χ4n) is 6.15. The third kappa shape index (κ3) is 6.43. The van der Waals surface area contributed by atoms with Crippen molar-refractivity contribution in [1.82, 2.24) is 14.7 Å². The summed E-state index contributed by atoms with van der Waals surface area (Å²) in [5.41, 5.74) is -4.04. The summed E-state index contributed by atoms with van der Waals surface area (Å²) in [7, 11) is 0. The Balaban J connectivity index is 1.31. The third-order valence-electron chi connectivity index (χ3n) is 8.76. The highest BCUT2D eigenvalue weighted by Crippen LogP contribution is 2.41. The Hall–Kier alpha value is -3.97. The molecular formula is C30H33F6N5O3. The number of piperidine rings is 2. The third-order valence-corrected chi connectivity index (χ3v) is 8.76. The van der Waals surface area contributed by atoms with Crippen LogP contribution in [0.4, 0.5) is 42.5 Å². The van der Waals surface area contributed by atoms with E-state index in [2.05, 4.69) is 12.2 Å². The van der Waals surface area contributed by atoms with Crippen LogP contribution in [0.25, 0.3) is 0 Å². The van der Waals surface area contributed by atoms with E-state index in [9.17, 15) is 40.7 Å². The summed E-state index contributed by atoms with van der Waals surface area (Å²) in [6.45, 7) is 3.51. The molecule has 0 saturated carbocycles. The first-order valence-corrected chi connectivity index (χ1v) is 14.4. The molecule has 238 valence electrons. The fourth-order valence-corrected chi connectivity index (χ4v) is 6.15. The van der Waals surface area contributed by atoms with Gasteiger partial charge in [-0.1, -0.05) is 25.1 Å². The van der Waals surface area contributed by atoms with Crippen LogP contribution < -0.4 is 10.2 Å². The molecule has 5 rings (SSSR count). The van der Waals surface area contributed by atoms with Crippen LogP contribution in [0.15, 0.2) is 48.5 Å². The molecule has 2 aromatic carbocycles. The van der Waals surface area contributed by atoms with Gasteiger partial charge in [-0.05, 0) is 61.9 Å². The summed E-state index contributed by atoms with van der Waals surface area (Å²) in [4.78, 5) is 46.6. The lowest BCUT2D eigenvalue weighted by Crippen LogP contribution is -2.58. The first-order valence-electron chi connectivity index (χ1n) is 14.4. The molecule has 0 atom stereocenters. The number of nitrogens with zero attached hydrogens (tertiary/aromatic N) is 4. The second kappa shape index (κ2) is 11.8. The van der Waals surface area contributed by atoms with Gasteiger partial charge in [-0.3, -0.25) is 9.59 Å². The van der Waals surface area contributed by atoms with Gasteiger partial charge >= 0.3 is 18.4 Å². The number of carbonyl (C=O) groups is 3. The Morgan fingerprint density at radius 2 is 1.43 bits per heavy atom. The number of halogens is 6. The number of benzene rings is 2. The zero-order chi connectivity index (χ0) is 31.9. The van der Waals surface area contributed by atoms with Gasteiger partial charge in [0.2, 0.25) is 5.91 Å². The molecule has 0 bridgehead atoms. The average molecular weight is 626 g/mol. The van der Waals surface area contributed by atoms with E-state index < -0.39 is 40.7 Å². The molecule has 3 heterocycles. The number of hydrogen-bond acceptors (Lipinski definition) is 4. The molecule has 2 aromatic rings. The van der Waals surface area contributed by atoms with Crippen LogP contribution in [0.5, 0.6) is 0 Å².